The molecule has 22 heavy (non-hydrogen) atoms. The quantitative estimate of drug-likeness (QED) is 0.864. The highest BCUT2D eigenvalue weighted by molar-refractivity contribution is 6.42. The van der Waals surface area contributed by atoms with Crippen molar-refractivity contribution < 1.29 is 9.69 Å². The Balaban J connectivity index is 1.92. The average molecular weight is 338 g/mol. The predicted octanol–water partition coefficient (Wildman–Crippen LogP) is 2.96. The molecule has 1 amide bonds. The van der Waals surface area contributed by atoms with Crippen molar-refractivity contribution in [3.8, 4) is 0 Å². The van der Waals surface area contributed by atoms with E-state index in [4.69, 9.17) is 23.2 Å². The monoisotopic (exact) mass is 337 g/mol. The summed E-state index contributed by atoms with van der Waals surface area (Å²) in [4.78, 5) is 13.1. The van der Waals surface area contributed by atoms with Crippen molar-refractivity contribution in [2.45, 2.75) is 13.5 Å². The smallest absolute Gasteiger partial charge is 0.279 e. The van der Waals surface area contributed by atoms with Gasteiger partial charge >= 0.3 is 0 Å². The number of hydrogen-bond acceptors (Lipinski definition) is 1. The zero-order chi connectivity index (χ0) is 16.1. The molecule has 0 spiro atoms. The van der Waals surface area contributed by atoms with Crippen molar-refractivity contribution in [3.05, 3.63) is 63.6 Å². The summed E-state index contributed by atoms with van der Waals surface area (Å²) in [5.41, 5.74) is 2.87. The second-order valence-corrected chi connectivity index (χ2v) is 6.23. The van der Waals surface area contributed by atoms with Gasteiger partial charge in [-0.1, -0.05) is 47.5 Å². The lowest BCUT2D eigenvalue weighted by Gasteiger charge is -2.15. The number of amides is 1. The molecule has 0 bridgehead atoms. The maximum atomic E-state index is 12.1. The zero-order valence-corrected chi connectivity index (χ0v) is 14.1. The third kappa shape index (κ3) is 4.73. The molecule has 0 aliphatic carbocycles. The van der Waals surface area contributed by atoms with E-state index in [1.807, 2.05) is 50.4 Å². The Labute approximate surface area is 140 Å². The zero-order valence-electron chi connectivity index (χ0n) is 12.6. The molecule has 2 rings (SSSR count). The third-order valence-corrected chi connectivity index (χ3v) is 4.15. The van der Waals surface area contributed by atoms with Crippen LogP contribution in [0.1, 0.15) is 11.1 Å². The van der Waals surface area contributed by atoms with Gasteiger partial charge in [-0.3, -0.25) is 4.79 Å². The Bertz CT molecular complexity index is 673. The summed E-state index contributed by atoms with van der Waals surface area (Å²) in [6, 6.07) is 13.3. The van der Waals surface area contributed by atoms with E-state index in [0.29, 0.717) is 23.1 Å². The Kier molecular flexibility index (Phi) is 5.83. The van der Waals surface area contributed by atoms with Crippen LogP contribution in [0.2, 0.25) is 10.0 Å². The number of benzene rings is 2. The lowest BCUT2D eigenvalue weighted by Crippen LogP contribution is -3.08. The van der Waals surface area contributed by atoms with Crippen LogP contribution >= 0.6 is 23.2 Å². The van der Waals surface area contributed by atoms with Crippen LogP contribution in [0.25, 0.3) is 0 Å². The summed E-state index contributed by atoms with van der Waals surface area (Å²) in [5.74, 6) is -0.0266. The molecule has 0 aliphatic heterocycles. The van der Waals surface area contributed by atoms with Gasteiger partial charge in [-0.2, -0.15) is 0 Å². The van der Waals surface area contributed by atoms with E-state index in [1.165, 1.54) is 0 Å². The van der Waals surface area contributed by atoms with Gasteiger partial charge in [-0.25, -0.2) is 0 Å². The number of halogens is 2. The molecule has 0 saturated heterocycles. The number of quaternary nitrogens is 1. The average Bonchev–Trinajstić information content (AvgIpc) is 2.43. The highest BCUT2D eigenvalue weighted by atomic mass is 35.5. The van der Waals surface area contributed by atoms with Gasteiger partial charge in [0, 0.05) is 11.3 Å². The van der Waals surface area contributed by atoms with E-state index >= 15 is 0 Å². The van der Waals surface area contributed by atoms with E-state index in [1.54, 1.807) is 6.07 Å². The van der Waals surface area contributed by atoms with Gasteiger partial charge in [-0.15, -0.1) is 0 Å². The van der Waals surface area contributed by atoms with E-state index in [2.05, 4.69) is 5.32 Å². The number of likely N-dealkylation sites (N-methyl/N-ethyl adjacent to an activating group) is 1. The number of hydrogen-bond donors (Lipinski definition) is 2. The van der Waals surface area contributed by atoms with Crippen molar-refractivity contribution in [2.75, 3.05) is 18.9 Å². The molecule has 0 radical (unpaired) electrons. The number of nitrogens with one attached hydrogen (secondary N) is 2. The van der Waals surface area contributed by atoms with Gasteiger partial charge in [0.05, 0.1) is 17.1 Å². The van der Waals surface area contributed by atoms with Crippen molar-refractivity contribution in [3.63, 3.8) is 0 Å². The summed E-state index contributed by atoms with van der Waals surface area (Å²) in [6.45, 7) is 2.99. The summed E-state index contributed by atoms with van der Waals surface area (Å²) < 4.78 is 0. The number of anilines is 1. The topological polar surface area (TPSA) is 33.5 Å². The molecular formula is C17H19Cl2N2O+. The van der Waals surface area contributed by atoms with E-state index in [-0.39, 0.29) is 5.91 Å². The molecule has 0 aromatic heterocycles. The first-order valence-corrected chi connectivity index (χ1v) is 7.82. The number of carbonyl (C=O) groups is 1. The summed E-state index contributed by atoms with van der Waals surface area (Å²) >= 11 is 12.2. The first kappa shape index (κ1) is 16.8. The van der Waals surface area contributed by atoms with Crippen LogP contribution in [-0.2, 0) is 11.3 Å². The van der Waals surface area contributed by atoms with Crippen LogP contribution in [-0.4, -0.2) is 19.5 Å². The fourth-order valence-electron chi connectivity index (χ4n) is 2.27. The molecule has 2 N–H and O–H groups in total. The van der Waals surface area contributed by atoms with Crippen molar-refractivity contribution in [1.29, 1.82) is 0 Å². The lowest BCUT2D eigenvalue weighted by molar-refractivity contribution is -0.885. The van der Waals surface area contributed by atoms with Crippen LogP contribution in [0.3, 0.4) is 0 Å². The molecule has 0 saturated carbocycles. The minimum absolute atomic E-state index is 0.0266. The van der Waals surface area contributed by atoms with Crippen LogP contribution < -0.4 is 10.2 Å². The Hall–Kier alpha value is -1.55. The fourth-order valence-corrected chi connectivity index (χ4v) is 2.66. The Morgan fingerprint density at radius 3 is 2.64 bits per heavy atom. The highest BCUT2D eigenvalue weighted by Crippen LogP contribution is 2.24. The first-order chi connectivity index (χ1) is 10.5. The van der Waals surface area contributed by atoms with Crippen molar-refractivity contribution in [2.24, 2.45) is 0 Å². The Morgan fingerprint density at radius 1 is 1.18 bits per heavy atom. The fraction of sp³-hybridized carbons (Fsp3) is 0.235. The SMILES string of the molecule is Cc1cccc(NC(=O)C[NH+](C)Cc2cccc(Cl)c2Cl)c1. The predicted molar refractivity (Wildman–Crippen MR) is 91.7 cm³/mol. The van der Waals surface area contributed by atoms with Gasteiger partial charge in [0.1, 0.15) is 6.54 Å². The van der Waals surface area contributed by atoms with Gasteiger partial charge in [0.25, 0.3) is 5.91 Å². The van der Waals surface area contributed by atoms with Gasteiger partial charge < -0.3 is 10.2 Å². The largest absolute Gasteiger partial charge is 0.326 e. The molecule has 1 unspecified atom stereocenters. The second-order valence-electron chi connectivity index (χ2n) is 5.44. The molecule has 0 fully saturated rings. The highest BCUT2D eigenvalue weighted by Gasteiger charge is 2.13. The minimum atomic E-state index is -0.0266. The van der Waals surface area contributed by atoms with Gasteiger partial charge in [0.15, 0.2) is 6.54 Å². The van der Waals surface area contributed by atoms with Crippen LogP contribution in [0.5, 0.6) is 0 Å². The minimum Gasteiger partial charge on any atom is -0.326 e. The molecule has 116 valence electrons. The van der Waals surface area contributed by atoms with E-state index in [9.17, 15) is 4.79 Å². The number of carbonyl (C=O) groups excluding carboxylic acids is 1. The first-order valence-electron chi connectivity index (χ1n) is 7.06. The number of rotatable bonds is 5. The molecule has 1 atom stereocenters. The normalized spacial score (nSPS) is 12.0. The van der Waals surface area contributed by atoms with Gasteiger partial charge in [-0.05, 0) is 30.7 Å². The maximum absolute atomic E-state index is 12.1. The molecule has 2 aromatic carbocycles. The molecule has 5 heteroatoms. The maximum Gasteiger partial charge on any atom is 0.279 e. The standard InChI is InChI=1S/C17H18Cl2N2O/c1-12-5-3-7-14(9-12)20-16(22)11-21(2)10-13-6-4-8-15(18)17(13)19/h3-9H,10-11H2,1-2H3,(H,20,22)/p+1. The van der Waals surface area contributed by atoms with Crippen LogP contribution in [0.15, 0.2) is 42.5 Å². The second kappa shape index (κ2) is 7.63. The molecule has 0 aliphatic rings. The summed E-state index contributed by atoms with van der Waals surface area (Å²) in [5, 5.41) is 4.00. The van der Waals surface area contributed by atoms with Crippen LogP contribution in [0.4, 0.5) is 5.69 Å². The van der Waals surface area contributed by atoms with E-state index < -0.39 is 0 Å². The molecule has 3 nitrogen and oxygen atoms in total. The van der Waals surface area contributed by atoms with Crippen LogP contribution in [0, 0.1) is 6.92 Å². The van der Waals surface area contributed by atoms with Crippen molar-refractivity contribution in [1.82, 2.24) is 0 Å². The molecule has 0 heterocycles. The molecule has 2 aromatic rings. The summed E-state index contributed by atoms with van der Waals surface area (Å²) in [6.07, 6.45) is 0. The summed E-state index contributed by atoms with van der Waals surface area (Å²) in [7, 11) is 1.95. The van der Waals surface area contributed by atoms with E-state index in [0.717, 1.165) is 21.7 Å². The van der Waals surface area contributed by atoms with Crippen molar-refractivity contribution >= 4 is 34.8 Å². The number of aryl methyl sites for hydroxylation is 1. The Morgan fingerprint density at radius 2 is 1.91 bits per heavy atom. The third-order valence-electron chi connectivity index (χ3n) is 3.29. The lowest BCUT2D eigenvalue weighted by atomic mass is 10.2. The molecular weight excluding hydrogens is 319 g/mol. The van der Waals surface area contributed by atoms with Gasteiger partial charge in [0.2, 0.25) is 0 Å².